The first-order valence-corrected chi connectivity index (χ1v) is 11.6. The number of amides is 2. The lowest BCUT2D eigenvalue weighted by atomic mass is 9.49. The minimum atomic E-state index is -0.290. The Kier molecular flexibility index (Phi) is 4.71. The highest BCUT2D eigenvalue weighted by Crippen LogP contribution is 2.60. The van der Waals surface area contributed by atoms with Crippen molar-refractivity contribution in [1.29, 1.82) is 0 Å². The number of benzene rings is 1. The third kappa shape index (κ3) is 3.29. The van der Waals surface area contributed by atoms with Gasteiger partial charge in [0.25, 0.3) is 0 Å². The highest BCUT2D eigenvalue weighted by molar-refractivity contribution is 5.91. The van der Waals surface area contributed by atoms with E-state index in [1.165, 1.54) is 24.8 Å². The molecule has 2 unspecified atom stereocenters. The number of nitrogens with zero attached hydrogens (tertiary/aromatic N) is 1. The van der Waals surface area contributed by atoms with E-state index in [9.17, 15) is 9.59 Å². The Morgan fingerprint density at radius 3 is 2.31 bits per heavy atom. The van der Waals surface area contributed by atoms with Gasteiger partial charge in [-0.15, -0.1) is 0 Å². The first kappa shape index (κ1) is 19.1. The molecule has 6 rings (SSSR count). The van der Waals surface area contributed by atoms with E-state index in [1.807, 2.05) is 24.0 Å². The summed E-state index contributed by atoms with van der Waals surface area (Å²) >= 11 is 0. The minimum Gasteiger partial charge on any atom is -0.348 e. The molecular weight excluding hydrogens is 360 g/mol. The van der Waals surface area contributed by atoms with Gasteiger partial charge in [-0.25, -0.2) is 0 Å². The number of carbonyl (C=O) groups is 2. The molecule has 1 saturated heterocycles. The number of likely N-dealkylation sites (tertiary alicyclic amines) is 1. The second-order valence-electron chi connectivity index (χ2n) is 10.4. The standard InChI is InChI=1S/C25H34N2O2/c1-16-6-3-4-7-21(16)17(2)26-23(28)22-8-5-9-27(22)24(29)25-13-18-10-19(14-25)12-20(11-18)15-25/h3-4,6-7,17-20,22H,5,8-15H2,1-2H3,(H,26,28). The number of rotatable bonds is 4. The van der Waals surface area contributed by atoms with Gasteiger partial charge in [-0.3, -0.25) is 9.59 Å². The number of hydrogen-bond acceptors (Lipinski definition) is 2. The zero-order valence-corrected chi connectivity index (χ0v) is 17.8. The predicted octanol–water partition coefficient (Wildman–Crippen LogP) is 4.38. The monoisotopic (exact) mass is 394 g/mol. The molecule has 0 spiro atoms. The summed E-state index contributed by atoms with van der Waals surface area (Å²) in [6.07, 6.45) is 8.96. The highest BCUT2D eigenvalue weighted by Gasteiger charge is 2.56. The van der Waals surface area contributed by atoms with E-state index in [0.29, 0.717) is 5.91 Å². The maximum atomic E-state index is 13.8. The first-order valence-electron chi connectivity index (χ1n) is 11.6. The molecule has 0 radical (unpaired) electrons. The van der Waals surface area contributed by atoms with Crippen LogP contribution in [0.15, 0.2) is 24.3 Å². The summed E-state index contributed by atoms with van der Waals surface area (Å²) in [4.78, 5) is 28.9. The fourth-order valence-corrected chi connectivity index (χ4v) is 7.42. The Bertz CT molecular complexity index is 782. The van der Waals surface area contributed by atoms with E-state index < -0.39 is 0 Å². The van der Waals surface area contributed by atoms with Crippen molar-refractivity contribution in [3.8, 4) is 0 Å². The van der Waals surface area contributed by atoms with Crippen LogP contribution >= 0.6 is 0 Å². The lowest BCUT2D eigenvalue weighted by molar-refractivity contribution is -0.160. The van der Waals surface area contributed by atoms with Gasteiger partial charge in [-0.05, 0) is 94.1 Å². The number of carbonyl (C=O) groups excluding carboxylic acids is 2. The quantitative estimate of drug-likeness (QED) is 0.824. The third-order valence-corrected chi connectivity index (χ3v) is 8.32. The van der Waals surface area contributed by atoms with E-state index in [1.54, 1.807) is 0 Å². The molecular formula is C25H34N2O2. The summed E-state index contributed by atoms with van der Waals surface area (Å²) in [7, 11) is 0. The molecule has 5 fully saturated rings. The smallest absolute Gasteiger partial charge is 0.243 e. The molecule has 4 bridgehead atoms. The number of aryl methyl sites for hydroxylation is 1. The minimum absolute atomic E-state index is 0.0244. The van der Waals surface area contributed by atoms with Gasteiger partial charge in [0.15, 0.2) is 0 Å². The van der Waals surface area contributed by atoms with Gasteiger partial charge in [-0.2, -0.15) is 0 Å². The van der Waals surface area contributed by atoms with Crippen molar-refractivity contribution in [2.45, 2.75) is 77.3 Å². The third-order valence-electron chi connectivity index (χ3n) is 8.32. The summed E-state index contributed by atoms with van der Waals surface area (Å²) in [6, 6.07) is 7.87. The summed E-state index contributed by atoms with van der Waals surface area (Å²) < 4.78 is 0. The van der Waals surface area contributed by atoms with Crippen LogP contribution in [-0.2, 0) is 9.59 Å². The molecule has 4 nitrogen and oxygen atoms in total. The van der Waals surface area contributed by atoms with Crippen molar-refractivity contribution in [3.63, 3.8) is 0 Å². The Balaban J connectivity index is 1.30. The molecule has 1 aliphatic heterocycles. The van der Waals surface area contributed by atoms with Gasteiger partial charge in [0.05, 0.1) is 11.5 Å². The van der Waals surface area contributed by atoms with Crippen LogP contribution in [0.3, 0.4) is 0 Å². The molecule has 4 saturated carbocycles. The molecule has 29 heavy (non-hydrogen) atoms. The van der Waals surface area contributed by atoms with Gasteiger partial charge in [0.1, 0.15) is 6.04 Å². The van der Waals surface area contributed by atoms with Crippen molar-refractivity contribution in [2.24, 2.45) is 23.2 Å². The molecule has 2 atom stereocenters. The van der Waals surface area contributed by atoms with E-state index in [4.69, 9.17) is 0 Å². The lowest BCUT2D eigenvalue weighted by Crippen LogP contribution is -2.57. The average molecular weight is 395 g/mol. The number of hydrogen-bond donors (Lipinski definition) is 1. The number of nitrogens with one attached hydrogen (secondary N) is 1. The molecule has 0 aromatic heterocycles. The van der Waals surface area contributed by atoms with Crippen molar-refractivity contribution in [1.82, 2.24) is 10.2 Å². The van der Waals surface area contributed by atoms with Gasteiger partial charge in [0, 0.05) is 6.54 Å². The molecule has 1 aromatic carbocycles. The SMILES string of the molecule is Cc1ccccc1C(C)NC(=O)C1CCCN1C(=O)C12CC3CC(CC(C3)C1)C2. The van der Waals surface area contributed by atoms with Crippen LogP contribution in [0.1, 0.15) is 75.5 Å². The molecule has 4 heteroatoms. The molecule has 2 amide bonds. The Morgan fingerprint density at radius 1 is 1.07 bits per heavy atom. The largest absolute Gasteiger partial charge is 0.348 e. The maximum absolute atomic E-state index is 13.8. The van der Waals surface area contributed by atoms with Crippen LogP contribution in [0.2, 0.25) is 0 Å². The van der Waals surface area contributed by atoms with Gasteiger partial charge >= 0.3 is 0 Å². The van der Waals surface area contributed by atoms with Crippen molar-refractivity contribution >= 4 is 11.8 Å². The molecule has 156 valence electrons. The average Bonchev–Trinajstić information content (AvgIpc) is 3.16. The van der Waals surface area contributed by atoms with Crippen LogP contribution in [-0.4, -0.2) is 29.3 Å². The van der Waals surface area contributed by atoms with Crippen LogP contribution < -0.4 is 5.32 Å². The zero-order chi connectivity index (χ0) is 20.2. The van der Waals surface area contributed by atoms with E-state index in [0.717, 1.165) is 62.0 Å². The van der Waals surface area contributed by atoms with Crippen LogP contribution in [0, 0.1) is 30.1 Å². The van der Waals surface area contributed by atoms with Gasteiger partial charge in [-0.1, -0.05) is 24.3 Å². The molecule has 5 aliphatic rings. The topological polar surface area (TPSA) is 49.4 Å². The second-order valence-corrected chi connectivity index (χ2v) is 10.4. The maximum Gasteiger partial charge on any atom is 0.243 e. The highest BCUT2D eigenvalue weighted by atomic mass is 16.2. The van der Waals surface area contributed by atoms with E-state index >= 15 is 0 Å². The summed E-state index contributed by atoms with van der Waals surface area (Å²) in [6.45, 7) is 4.87. The van der Waals surface area contributed by atoms with Gasteiger partial charge < -0.3 is 10.2 Å². The predicted molar refractivity (Wildman–Crippen MR) is 113 cm³/mol. The Hall–Kier alpha value is -1.84. The summed E-state index contributed by atoms with van der Waals surface area (Å²) in [5.41, 5.74) is 2.19. The fraction of sp³-hybridized carbons (Fsp3) is 0.680. The molecule has 1 aromatic rings. The first-order chi connectivity index (χ1) is 13.9. The Morgan fingerprint density at radius 2 is 1.69 bits per heavy atom. The zero-order valence-electron chi connectivity index (χ0n) is 17.8. The molecule has 1 heterocycles. The summed E-state index contributed by atoms with van der Waals surface area (Å²) in [5, 5.41) is 3.20. The summed E-state index contributed by atoms with van der Waals surface area (Å²) in [5.74, 6) is 2.58. The van der Waals surface area contributed by atoms with Crippen molar-refractivity contribution in [2.75, 3.05) is 6.54 Å². The normalized spacial score (nSPS) is 36.3. The van der Waals surface area contributed by atoms with Crippen LogP contribution in [0.25, 0.3) is 0 Å². The van der Waals surface area contributed by atoms with Crippen LogP contribution in [0.5, 0.6) is 0 Å². The lowest BCUT2D eigenvalue weighted by Gasteiger charge is -2.56. The van der Waals surface area contributed by atoms with Crippen LogP contribution in [0.4, 0.5) is 0 Å². The molecule has 1 N–H and O–H groups in total. The van der Waals surface area contributed by atoms with Gasteiger partial charge in [0.2, 0.25) is 11.8 Å². The van der Waals surface area contributed by atoms with Crippen molar-refractivity contribution < 1.29 is 9.59 Å². The Labute approximate surface area is 174 Å². The van der Waals surface area contributed by atoms with Crippen molar-refractivity contribution in [3.05, 3.63) is 35.4 Å². The second kappa shape index (κ2) is 7.14. The van der Waals surface area contributed by atoms with E-state index in [-0.39, 0.29) is 23.4 Å². The van der Waals surface area contributed by atoms with E-state index in [2.05, 4.69) is 24.4 Å². The fourth-order valence-electron chi connectivity index (χ4n) is 7.42. The molecule has 4 aliphatic carbocycles.